The first-order valence-corrected chi connectivity index (χ1v) is 10.2. The maximum atomic E-state index is 12.6. The van der Waals surface area contributed by atoms with Crippen LogP contribution in [0.3, 0.4) is 0 Å². The molecule has 2 amide bonds. The number of fused-ring (bicyclic) bond motifs is 1. The van der Waals surface area contributed by atoms with Gasteiger partial charge in [0.15, 0.2) is 24.6 Å². The number of hydrogen-bond donors (Lipinski definition) is 3. The average molecular weight is 391 g/mol. The van der Waals surface area contributed by atoms with Crippen molar-refractivity contribution in [3.8, 4) is 11.5 Å². The molecule has 154 valence electrons. The van der Waals surface area contributed by atoms with Crippen LogP contribution in [0.1, 0.15) is 44.7 Å². The second-order valence-corrected chi connectivity index (χ2v) is 8.20. The van der Waals surface area contributed by atoms with E-state index in [-0.39, 0.29) is 30.3 Å². The molecule has 1 fully saturated rings. The molecule has 0 aromatic heterocycles. The Labute approximate surface area is 166 Å². The Kier molecular flexibility index (Phi) is 6.78. The zero-order valence-corrected chi connectivity index (χ0v) is 17.0. The van der Waals surface area contributed by atoms with E-state index in [0.29, 0.717) is 25.8 Å². The summed E-state index contributed by atoms with van der Waals surface area (Å²) in [6.07, 6.45) is 2.99. The molecular formula is C21H32N3O4+. The molecule has 1 unspecified atom stereocenters. The van der Waals surface area contributed by atoms with Crippen LogP contribution in [0.4, 0.5) is 0 Å². The second-order valence-electron chi connectivity index (χ2n) is 8.20. The molecule has 0 spiro atoms. The second kappa shape index (κ2) is 9.28. The van der Waals surface area contributed by atoms with Crippen molar-refractivity contribution in [2.24, 2.45) is 5.92 Å². The molecule has 3 N–H and O–H groups in total. The number of amides is 2. The zero-order chi connectivity index (χ0) is 20.1. The quantitative estimate of drug-likeness (QED) is 0.602. The van der Waals surface area contributed by atoms with Gasteiger partial charge in [0.2, 0.25) is 0 Å². The normalized spacial score (nSPS) is 18.1. The summed E-state index contributed by atoms with van der Waals surface area (Å²) in [7, 11) is 1.87. The Morgan fingerprint density at radius 2 is 1.79 bits per heavy atom. The Hall–Kier alpha value is -2.28. The maximum absolute atomic E-state index is 12.6. The number of carbonyl (C=O) groups excluding carboxylic acids is 2. The van der Waals surface area contributed by atoms with Gasteiger partial charge >= 0.3 is 0 Å². The van der Waals surface area contributed by atoms with Gasteiger partial charge in [-0.1, -0.05) is 19.9 Å². The van der Waals surface area contributed by atoms with Gasteiger partial charge in [0.1, 0.15) is 0 Å². The fourth-order valence-electron chi connectivity index (χ4n) is 3.35. The van der Waals surface area contributed by atoms with Gasteiger partial charge in [-0.25, -0.2) is 0 Å². The van der Waals surface area contributed by atoms with E-state index < -0.39 is 0 Å². The lowest BCUT2D eigenvalue weighted by Gasteiger charge is -2.24. The predicted molar refractivity (Wildman–Crippen MR) is 106 cm³/mol. The highest BCUT2D eigenvalue weighted by Crippen LogP contribution is 2.34. The topological polar surface area (TPSA) is 81.1 Å². The summed E-state index contributed by atoms with van der Waals surface area (Å²) in [5, 5.41) is 6.08. The summed E-state index contributed by atoms with van der Waals surface area (Å²) in [6.45, 7) is 6.00. The molecule has 7 nitrogen and oxygen atoms in total. The number of likely N-dealkylation sites (N-methyl/N-ethyl adjacent to an activating group) is 1. The number of ether oxygens (including phenoxy) is 2. The van der Waals surface area contributed by atoms with E-state index in [0.717, 1.165) is 41.2 Å². The first kappa shape index (κ1) is 20.5. The van der Waals surface area contributed by atoms with E-state index in [2.05, 4.69) is 24.5 Å². The molecule has 1 heterocycles. The Morgan fingerprint density at radius 3 is 2.46 bits per heavy atom. The van der Waals surface area contributed by atoms with Crippen LogP contribution in [-0.4, -0.2) is 51.2 Å². The van der Waals surface area contributed by atoms with Crippen LogP contribution >= 0.6 is 0 Å². The molecule has 0 radical (unpaired) electrons. The number of quaternary nitrogens is 1. The van der Waals surface area contributed by atoms with Crippen molar-refractivity contribution in [1.29, 1.82) is 0 Å². The largest absolute Gasteiger partial charge is 0.490 e. The minimum Gasteiger partial charge on any atom is -0.490 e. The molecule has 1 saturated carbocycles. The fraction of sp³-hybridized carbons (Fsp3) is 0.619. The first-order chi connectivity index (χ1) is 13.4. The minimum absolute atomic E-state index is 0.0103. The maximum Gasteiger partial charge on any atom is 0.275 e. The monoisotopic (exact) mass is 390 g/mol. The van der Waals surface area contributed by atoms with Gasteiger partial charge in [-0.2, -0.15) is 0 Å². The third kappa shape index (κ3) is 5.86. The first-order valence-electron chi connectivity index (χ1n) is 10.2. The van der Waals surface area contributed by atoms with Gasteiger partial charge in [-0.05, 0) is 36.5 Å². The average Bonchev–Trinajstić information content (AvgIpc) is 3.45. The molecule has 28 heavy (non-hydrogen) atoms. The van der Waals surface area contributed by atoms with Gasteiger partial charge in [-0.15, -0.1) is 0 Å². The molecule has 1 aliphatic heterocycles. The van der Waals surface area contributed by atoms with E-state index in [9.17, 15) is 9.59 Å². The third-order valence-corrected chi connectivity index (χ3v) is 4.98. The number of carbonyl (C=O) groups is 2. The van der Waals surface area contributed by atoms with Crippen molar-refractivity contribution in [2.45, 2.75) is 45.2 Å². The Bertz CT molecular complexity index is 703. The minimum atomic E-state index is -0.127. The summed E-state index contributed by atoms with van der Waals surface area (Å²) in [6, 6.07) is 6.08. The molecular weight excluding hydrogens is 358 g/mol. The summed E-state index contributed by atoms with van der Waals surface area (Å²) in [5.41, 5.74) is 0.997. The predicted octanol–water partition coefficient (Wildman–Crippen LogP) is 0.455. The van der Waals surface area contributed by atoms with Gasteiger partial charge in [0, 0.05) is 12.5 Å². The van der Waals surface area contributed by atoms with Crippen LogP contribution in [0.5, 0.6) is 11.5 Å². The summed E-state index contributed by atoms with van der Waals surface area (Å²) >= 11 is 0. The highest BCUT2D eigenvalue weighted by molar-refractivity contribution is 5.79. The Morgan fingerprint density at radius 1 is 1.11 bits per heavy atom. The van der Waals surface area contributed by atoms with E-state index in [1.54, 1.807) is 0 Å². The summed E-state index contributed by atoms with van der Waals surface area (Å²) in [4.78, 5) is 25.4. The fourth-order valence-corrected chi connectivity index (χ4v) is 3.35. The van der Waals surface area contributed by atoms with Gasteiger partial charge in [0.05, 0.1) is 26.3 Å². The number of rotatable bonds is 8. The summed E-state index contributed by atoms with van der Waals surface area (Å²) in [5.74, 6) is 1.64. The van der Waals surface area contributed by atoms with Crippen molar-refractivity contribution >= 4 is 11.8 Å². The standard InChI is InChI=1S/C21H31N3O4/c1-14(2)21(15-5-8-17-18(11-15)28-10-4-9-27-17)23-20(26)13-24(3)12-19(25)22-16-6-7-16/h5,8,11,14,16,21H,4,6-7,9-10,12-13H2,1-3H3,(H,22,25)(H,23,26)/p+1/t21-/m1/s1. The lowest BCUT2D eigenvalue weighted by Crippen LogP contribution is -3.11. The van der Waals surface area contributed by atoms with E-state index in [1.807, 2.05) is 25.2 Å². The zero-order valence-electron chi connectivity index (χ0n) is 17.0. The van der Waals surface area contributed by atoms with Crippen LogP contribution in [0.15, 0.2) is 18.2 Å². The van der Waals surface area contributed by atoms with Gasteiger partial charge in [0.25, 0.3) is 11.8 Å². The molecule has 1 aromatic carbocycles. The van der Waals surface area contributed by atoms with Crippen LogP contribution in [0, 0.1) is 5.92 Å². The highest BCUT2D eigenvalue weighted by atomic mass is 16.5. The molecule has 2 atom stereocenters. The van der Waals surface area contributed by atoms with Crippen LogP contribution in [-0.2, 0) is 9.59 Å². The molecule has 7 heteroatoms. The van der Waals surface area contributed by atoms with Crippen LogP contribution < -0.4 is 25.0 Å². The molecule has 2 aliphatic rings. The molecule has 1 aromatic rings. The van der Waals surface area contributed by atoms with Crippen molar-refractivity contribution in [3.63, 3.8) is 0 Å². The number of hydrogen-bond acceptors (Lipinski definition) is 4. The molecule has 1 aliphatic carbocycles. The van der Waals surface area contributed by atoms with Gasteiger partial charge < -0.3 is 25.0 Å². The highest BCUT2D eigenvalue weighted by Gasteiger charge is 2.26. The lowest BCUT2D eigenvalue weighted by atomic mass is 9.95. The van der Waals surface area contributed by atoms with E-state index in [4.69, 9.17) is 9.47 Å². The van der Waals surface area contributed by atoms with E-state index >= 15 is 0 Å². The molecule has 3 rings (SSSR count). The number of benzene rings is 1. The SMILES string of the molecule is CC(C)[C@@H](NC(=O)C[NH+](C)CC(=O)NC1CC1)c1ccc2c(c1)OCCCO2. The third-order valence-electron chi connectivity index (χ3n) is 4.98. The number of nitrogens with one attached hydrogen (secondary N) is 3. The van der Waals surface area contributed by atoms with Crippen molar-refractivity contribution in [2.75, 3.05) is 33.4 Å². The Balaban J connectivity index is 1.58. The van der Waals surface area contributed by atoms with Gasteiger partial charge in [-0.3, -0.25) is 9.59 Å². The summed E-state index contributed by atoms with van der Waals surface area (Å²) < 4.78 is 11.5. The smallest absolute Gasteiger partial charge is 0.275 e. The molecule has 0 saturated heterocycles. The van der Waals surface area contributed by atoms with Crippen molar-refractivity contribution in [1.82, 2.24) is 10.6 Å². The molecule has 0 bridgehead atoms. The van der Waals surface area contributed by atoms with Crippen LogP contribution in [0.2, 0.25) is 0 Å². The van der Waals surface area contributed by atoms with E-state index in [1.165, 1.54) is 0 Å². The van der Waals surface area contributed by atoms with Crippen molar-refractivity contribution in [3.05, 3.63) is 23.8 Å². The van der Waals surface area contributed by atoms with Crippen molar-refractivity contribution < 1.29 is 24.0 Å². The lowest BCUT2D eigenvalue weighted by molar-refractivity contribution is -0.862. The van der Waals surface area contributed by atoms with Crippen LogP contribution in [0.25, 0.3) is 0 Å².